The first-order valence-corrected chi connectivity index (χ1v) is 3.41. The van der Waals surface area contributed by atoms with Crippen LogP contribution in [-0.4, -0.2) is 0 Å². The highest BCUT2D eigenvalue weighted by molar-refractivity contribution is 7.01. The lowest BCUT2D eigenvalue weighted by Gasteiger charge is -1.72. The van der Waals surface area contributed by atoms with Crippen molar-refractivity contribution in [2.45, 2.75) is 13.8 Å². The predicted molar refractivity (Wildman–Crippen MR) is 35.0 cm³/mol. The van der Waals surface area contributed by atoms with Crippen LogP contribution < -0.4 is 3.96 Å². The Kier molecular flexibility index (Phi) is 1.34. The van der Waals surface area contributed by atoms with Crippen molar-refractivity contribution in [1.82, 2.24) is 0 Å². The zero-order chi connectivity index (χ0) is 6.15. The first-order valence-electron chi connectivity index (χ1n) is 2.63. The van der Waals surface area contributed by atoms with E-state index in [2.05, 4.69) is 30.9 Å². The van der Waals surface area contributed by atoms with E-state index in [4.69, 9.17) is 0 Å². The van der Waals surface area contributed by atoms with E-state index in [9.17, 15) is 0 Å². The monoisotopic (exact) mass is 128 g/mol. The van der Waals surface area contributed by atoms with Crippen LogP contribution in [0.4, 0.5) is 0 Å². The van der Waals surface area contributed by atoms with Crippen LogP contribution in [-0.2, 0) is 7.05 Å². The highest BCUT2D eigenvalue weighted by Crippen LogP contribution is 2.02. The van der Waals surface area contributed by atoms with Gasteiger partial charge in [-0.3, -0.25) is 0 Å². The van der Waals surface area contributed by atoms with Crippen molar-refractivity contribution in [3.05, 3.63) is 16.6 Å². The number of rotatable bonds is 0. The highest BCUT2D eigenvalue weighted by atomic mass is 32.1. The minimum Gasteiger partial charge on any atom is -0.141 e. The van der Waals surface area contributed by atoms with Crippen LogP contribution in [0.3, 0.4) is 0 Å². The highest BCUT2D eigenvalue weighted by Gasteiger charge is 2.02. The smallest absolute Gasteiger partial charge is 0.141 e. The van der Waals surface area contributed by atoms with Crippen LogP contribution in [0.2, 0.25) is 0 Å². The maximum Gasteiger partial charge on any atom is 0.193 e. The van der Waals surface area contributed by atoms with E-state index in [1.165, 1.54) is 10.6 Å². The largest absolute Gasteiger partial charge is 0.193 e. The summed E-state index contributed by atoms with van der Waals surface area (Å²) < 4.78 is 2.16. The maximum absolute atomic E-state index is 2.19. The zero-order valence-corrected chi connectivity index (χ0v) is 6.25. The number of hydrogen-bond acceptors (Lipinski definition) is 1. The van der Waals surface area contributed by atoms with Gasteiger partial charge in [-0.05, 0) is 6.92 Å². The summed E-state index contributed by atoms with van der Waals surface area (Å²) in [7, 11) is 2.08. The lowest BCUT2D eigenvalue weighted by molar-refractivity contribution is -0.607. The van der Waals surface area contributed by atoms with Gasteiger partial charge in [0.1, 0.15) is 11.5 Å². The topological polar surface area (TPSA) is 3.88 Å². The molecule has 0 unspecified atom stereocenters. The van der Waals surface area contributed by atoms with Gasteiger partial charge in [0.05, 0.1) is 4.88 Å². The minimum absolute atomic E-state index is 1.34. The van der Waals surface area contributed by atoms with Crippen LogP contribution in [0.5, 0.6) is 0 Å². The minimum atomic E-state index is 1.34. The molecule has 44 valence electrons. The third kappa shape index (κ3) is 0.892. The molecule has 8 heavy (non-hydrogen) atoms. The van der Waals surface area contributed by atoms with Crippen molar-refractivity contribution in [2.24, 2.45) is 7.05 Å². The van der Waals surface area contributed by atoms with Gasteiger partial charge in [0.25, 0.3) is 0 Å². The zero-order valence-electron chi connectivity index (χ0n) is 5.43. The Morgan fingerprint density at radius 1 is 1.50 bits per heavy atom. The Hall–Kier alpha value is -0.370. The van der Waals surface area contributed by atoms with Gasteiger partial charge in [0.15, 0.2) is 12.7 Å². The molecule has 1 rings (SSSR count). The van der Waals surface area contributed by atoms with E-state index in [0.29, 0.717) is 0 Å². The summed E-state index contributed by atoms with van der Waals surface area (Å²) in [5.74, 6) is 0. The van der Waals surface area contributed by atoms with E-state index in [1.807, 2.05) is 0 Å². The van der Waals surface area contributed by atoms with E-state index < -0.39 is 0 Å². The first kappa shape index (κ1) is 5.76. The molecule has 0 bridgehead atoms. The summed E-state index contributed by atoms with van der Waals surface area (Å²) in [4.78, 5) is 1.38. The molecule has 0 aliphatic carbocycles. The standard InChI is InChI=1S/C6H10NS/c1-5-4-6(2)8-7(5)3/h4H,1-3H3/q+1. The summed E-state index contributed by atoms with van der Waals surface area (Å²) in [6.45, 7) is 4.24. The first-order chi connectivity index (χ1) is 3.70. The molecule has 0 aliphatic heterocycles. The molecule has 0 saturated heterocycles. The molecule has 1 aromatic heterocycles. The van der Waals surface area contributed by atoms with E-state index in [0.717, 1.165) is 0 Å². The second kappa shape index (κ2) is 1.86. The van der Waals surface area contributed by atoms with Crippen LogP contribution in [0.25, 0.3) is 0 Å². The van der Waals surface area contributed by atoms with Crippen molar-refractivity contribution < 1.29 is 3.96 Å². The van der Waals surface area contributed by atoms with Gasteiger partial charge in [0, 0.05) is 13.0 Å². The van der Waals surface area contributed by atoms with Crippen LogP contribution in [0.1, 0.15) is 10.6 Å². The molecule has 2 heteroatoms. The fraction of sp³-hybridized carbons (Fsp3) is 0.500. The number of nitrogens with zero attached hydrogens (tertiary/aromatic N) is 1. The lowest BCUT2D eigenvalue weighted by Crippen LogP contribution is -2.24. The van der Waals surface area contributed by atoms with E-state index in [-0.39, 0.29) is 0 Å². The van der Waals surface area contributed by atoms with Gasteiger partial charge in [-0.25, -0.2) is 0 Å². The van der Waals surface area contributed by atoms with Crippen LogP contribution in [0.15, 0.2) is 6.07 Å². The van der Waals surface area contributed by atoms with E-state index in [1.54, 1.807) is 11.5 Å². The molecular weight excluding hydrogens is 118 g/mol. The van der Waals surface area contributed by atoms with Crippen molar-refractivity contribution in [3.8, 4) is 0 Å². The molecule has 0 amide bonds. The summed E-state index contributed by atoms with van der Waals surface area (Å²) >= 11 is 1.79. The molecule has 0 saturated carbocycles. The fourth-order valence-corrected chi connectivity index (χ4v) is 1.55. The molecule has 0 aromatic carbocycles. The van der Waals surface area contributed by atoms with Gasteiger partial charge in [-0.15, -0.1) is 3.96 Å². The Labute approximate surface area is 53.7 Å². The number of aromatic nitrogens is 1. The Morgan fingerprint density at radius 3 is 2.25 bits per heavy atom. The third-order valence-corrected chi connectivity index (χ3v) is 2.16. The van der Waals surface area contributed by atoms with Gasteiger partial charge < -0.3 is 0 Å². The molecule has 0 spiro atoms. The normalized spacial score (nSPS) is 9.88. The van der Waals surface area contributed by atoms with Gasteiger partial charge in [-0.1, -0.05) is 0 Å². The molecule has 0 atom stereocenters. The second-order valence-electron chi connectivity index (χ2n) is 1.99. The fourth-order valence-electron chi connectivity index (χ4n) is 0.699. The number of hydrogen-bond donors (Lipinski definition) is 0. The summed E-state index contributed by atoms with van der Waals surface area (Å²) in [6.07, 6.45) is 0. The Bertz CT molecular complexity index is 171. The van der Waals surface area contributed by atoms with E-state index >= 15 is 0 Å². The molecule has 0 aliphatic rings. The lowest BCUT2D eigenvalue weighted by atomic mass is 10.4. The van der Waals surface area contributed by atoms with Gasteiger partial charge >= 0.3 is 0 Å². The molecule has 1 aromatic rings. The molecule has 0 radical (unpaired) electrons. The molecular formula is C6H10NS+. The summed E-state index contributed by atoms with van der Waals surface area (Å²) in [6, 6.07) is 2.19. The van der Waals surface area contributed by atoms with Crippen molar-refractivity contribution in [2.75, 3.05) is 0 Å². The second-order valence-corrected chi connectivity index (χ2v) is 3.36. The molecule has 0 N–H and O–H groups in total. The Balaban J connectivity index is 3.14. The van der Waals surface area contributed by atoms with Crippen LogP contribution >= 0.6 is 11.5 Å². The van der Waals surface area contributed by atoms with Crippen LogP contribution in [0, 0.1) is 13.8 Å². The Morgan fingerprint density at radius 2 is 2.12 bits per heavy atom. The van der Waals surface area contributed by atoms with Crippen molar-refractivity contribution >= 4 is 11.5 Å². The van der Waals surface area contributed by atoms with Gasteiger partial charge in [0.2, 0.25) is 0 Å². The number of aryl methyl sites for hydroxylation is 3. The quantitative estimate of drug-likeness (QED) is 0.462. The average Bonchev–Trinajstić information content (AvgIpc) is 1.85. The SMILES string of the molecule is Cc1cc(C)[n+](C)s1. The molecule has 0 fully saturated rings. The summed E-state index contributed by atoms with van der Waals surface area (Å²) in [5.41, 5.74) is 1.34. The molecule has 1 nitrogen and oxygen atoms in total. The van der Waals surface area contributed by atoms with Crippen molar-refractivity contribution in [1.29, 1.82) is 0 Å². The summed E-state index contributed by atoms with van der Waals surface area (Å²) in [5, 5.41) is 0. The van der Waals surface area contributed by atoms with Gasteiger partial charge in [-0.2, -0.15) is 0 Å². The maximum atomic E-state index is 2.19. The molecule has 1 heterocycles. The predicted octanol–water partition coefficient (Wildman–Crippen LogP) is 1.19. The van der Waals surface area contributed by atoms with Crippen molar-refractivity contribution in [3.63, 3.8) is 0 Å². The average molecular weight is 128 g/mol. The third-order valence-electron chi connectivity index (χ3n) is 1.19.